The molecule has 5 aromatic rings. The first-order chi connectivity index (χ1) is 21.6. The predicted molar refractivity (Wildman–Crippen MR) is 176 cm³/mol. The molecule has 0 spiro atoms. The minimum absolute atomic E-state index is 0.368. The molecule has 1 aliphatic heterocycles. The van der Waals surface area contributed by atoms with Gasteiger partial charge in [-0.05, 0) is 89.8 Å². The fraction of sp³-hybridized carbons (Fsp3) is 0.108. The van der Waals surface area contributed by atoms with Crippen LogP contribution in [0.2, 0.25) is 0 Å². The molecule has 0 aromatic heterocycles. The highest BCUT2D eigenvalue weighted by molar-refractivity contribution is 6.36. The lowest BCUT2D eigenvalue weighted by Crippen LogP contribution is -2.40. The largest absolute Gasteiger partial charge is 0.494 e. The van der Waals surface area contributed by atoms with E-state index >= 15 is 0 Å². The first-order valence-corrected chi connectivity index (χ1v) is 14.5. The number of amides is 2. The van der Waals surface area contributed by atoms with Gasteiger partial charge in [0.15, 0.2) is 0 Å². The van der Waals surface area contributed by atoms with Gasteiger partial charge in [-0.3, -0.25) is 15.0 Å². The van der Waals surface area contributed by atoms with Crippen LogP contribution in [-0.2, 0) is 6.61 Å². The van der Waals surface area contributed by atoms with Gasteiger partial charge in [-0.15, -0.1) is 0 Å². The molecule has 218 valence electrons. The van der Waals surface area contributed by atoms with Crippen LogP contribution in [0, 0.1) is 0 Å². The standard InChI is InChI=1S/C37H31N3O4/c1-3-22-43-29-18-14-28(15-19-29)40-36(41)32-7-5-6-31-34(21-20-33(35(31)32)37(40)42)39-38-23-26-12-16-30(17-13-26)44-24-27-10-8-25(4-2)9-11-27/h4-21,23,39H,2-3,22,24H2,1H3/b38-23+. The molecule has 0 radical (unpaired) electrons. The van der Waals surface area contributed by atoms with Crippen molar-refractivity contribution in [2.45, 2.75) is 20.0 Å². The molecule has 1 heterocycles. The molecule has 0 saturated carbocycles. The number of hydrazone groups is 1. The zero-order chi connectivity index (χ0) is 30.5. The number of hydrogen-bond acceptors (Lipinski definition) is 6. The summed E-state index contributed by atoms with van der Waals surface area (Å²) < 4.78 is 11.6. The summed E-state index contributed by atoms with van der Waals surface area (Å²) in [6.45, 7) is 6.89. The molecule has 7 heteroatoms. The molecule has 7 nitrogen and oxygen atoms in total. The fourth-order valence-electron chi connectivity index (χ4n) is 5.08. The van der Waals surface area contributed by atoms with E-state index in [1.165, 1.54) is 4.90 Å². The fourth-order valence-corrected chi connectivity index (χ4v) is 5.08. The van der Waals surface area contributed by atoms with Crippen LogP contribution >= 0.6 is 0 Å². The molecule has 0 unspecified atom stereocenters. The van der Waals surface area contributed by atoms with Crippen LogP contribution in [0.4, 0.5) is 11.4 Å². The lowest BCUT2D eigenvalue weighted by Gasteiger charge is -2.27. The van der Waals surface area contributed by atoms with Crippen molar-refractivity contribution >= 4 is 46.3 Å². The normalized spacial score (nSPS) is 12.5. The third kappa shape index (κ3) is 5.80. The van der Waals surface area contributed by atoms with Gasteiger partial charge in [0.1, 0.15) is 18.1 Å². The van der Waals surface area contributed by atoms with Crippen LogP contribution in [0.3, 0.4) is 0 Å². The Balaban J connectivity index is 1.15. The van der Waals surface area contributed by atoms with E-state index in [9.17, 15) is 9.59 Å². The Bertz CT molecular complexity index is 1840. The van der Waals surface area contributed by atoms with Crippen LogP contribution in [0.5, 0.6) is 11.5 Å². The van der Waals surface area contributed by atoms with Crippen LogP contribution in [0.15, 0.2) is 115 Å². The van der Waals surface area contributed by atoms with Crippen molar-refractivity contribution in [3.63, 3.8) is 0 Å². The Kier molecular flexibility index (Phi) is 8.19. The molecule has 0 fully saturated rings. The van der Waals surface area contributed by atoms with E-state index < -0.39 is 0 Å². The Labute approximate surface area is 256 Å². The van der Waals surface area contributed by atoms with Crippen molar-refractivity contribution in [3.05, 3.63) is 138 Å². The molecule has 0 atom stereocenters. The van der Waals surface area contributed by atoms with Gasteiger partial charge < -0.3 is 9.47 Å². The maximum Gasteiger partial charge on any atom is 0.265 e. The van der Waals surface area contributed by atoms with Gasteiger partial charge in [-0.2, -0.15) is 5.10 Å². The van der Waals surface area contributed by atoms with Crippen molar-refractivity contribution in [3.8, 4) is 11.5 Å². The molecule has 44 heavy (non-hydrogen) atoms. The molecule has 0 aliphatic carbocycles. The molecule has 1 aliphatic rings. The van der Waals surface area contributed by atoms with Crippen molar-refractivity contribution in [2.24, 2.45) is 5.10 Å². The van der Waals surface area contributed by atoms with E-state index in [1.807, 2.05) is 79.7 Å². The van der Waals surface area contributed by atoms with Gasteiger partial charge in [0, 0.05) is 21.9 Å². The predicted octanol–water partition coefficient (Wildman–Crippen LogP) is 8.10. The summed E-state index contributed by atoms with van der Waals surface area (Å²) in [5.41, 5.74) is 8.23. The Hall–Kier alpha value is -5.69. The lowest BCUT2D eigenvalue weighted by atomic mass is 9.93. The minimum Gasteiger partial charge on any atom is -0.494 e. The van der Waals surface area contributed by atoms with Crippen LogP contribution in [-0.4, -0.2) is 24.6 Å². The van der Waals surface area contributed by atoms with Crippen molar-refractivity contribution < 1.29 is 19.1 Å². The highest BCUT2D eigenvalue weighted by atomic mass is 16.5. The van der Waals surface area contributed by atoms with Crippen LogP contribution < -0.4 is 19.8 Å². The Morgan fingerprint density at radius 1 is 0.773 bits per heavy atom. The van der Waals surface area contributed by atoms with E-state index in [-0.39, 0.29) is 11.8 Å². The second kappa shape index (κ2) is 12.7. The number of carbonyl (C=O) groups excluding carboxylic acids is 2. The summed E-state index contributed by atoms with van der Waals surface area (Å²) in [4.78, 5) is 28.4. The number of ether oxygens (including phenoxy) is 2. The molecule has 0 saturated heterocycles. The number of nitrogens with one attached hydrogen (secondary N) is 1. The second-order valence-electron chi connectivity index (χ2n) is 10.4. The summed E-state index contributed by atoms with van der Waals surface area (Å²) in [6, 6.07) is 31.7. The van der Waals surface area contributed by atoms with Crippen molar-refractivity contribution in [2.75, 3.05) is 16.9 Å². The van der Waals surface area contributed by atoms with Gasteiger partial charge in [0.25, 0.3) is 11.8 Å². The van der Waals surface area contributed by atoms with E-state index in [0.717, 1.165) is 34.2 Å². The van der Waals surface area contributed by atoms with Gasteiger partial charge in [0.2, 0.25) is 0 Å². The summed E-state index contributed by atoms with van der Waals surface area (Å²) in [7, 11) is 0. The molecule has 5 aromatic carbocycles. The van der Waals surface area contributed by atoms with Crippen molar-refractivity contribution in [1.82, 2.24) is 0 Å². The summed E-state index contributed by atoms with van der Waals surface area (Å²) in [5.74, 6) is 0.719. The number of carbonyl (C=O) groups is 2. The van der Waals surface area contributed by atoms with E-state index in [4.69, 9.17) is 9.47 Å². The second-order valence-corrected chi connectivity index (χ2v) is 10.4. The lowest BCUT2D eigenvalue weighted by molar-refractivity contribution is 0.0893. The monoisotopic (exact) mass is 581 g/mol. The third-order valence-electron chi connectivity index (χ3n) is 7.38. The number of imide groups is 1. The van der Waals surface area contributed by atoms with Gasteiger partial charge >= 0.3 is 0 Å². The zero-order valence-electron chi connectivity index (χ0n) is 24.3. The van der Waals surface area contributed by atoms with Gasteiger partial charge in [0.05, 0.1) is 24.2 Å². The van der Waals surface area contributed by atoms with Gasteiger partial charge in [-0.25, -0.2) is 4.90 Å². The van der Waals surface area contributed by atoms with Gasteiger partial charge in [-0.1, -0.05) is 56.0 Å². The summed E-state index contributed by atoms with van der Waals surface area (Å²) >= 11 is 0. The van der Waals surface area contributed by atoms with Crippen molar-refractivity contribution in [1.29, 1.82) is 0 Å². The summed E-state index contributed by atoms with van der Waals surface area (Å²) in [6.07, 6.45) is 4.41. The number of nitrogens with zero attached hydrogens (tertiary/aromatic N) is 2. The van der Waals surface area contributed by atoms with E-state index in [1.54, 1.807) is 42.6 Å². The van der Waals surface area contributed by atoms with E-state index in [0.29, 0.717) is 46.9 Å². The molecule has 6 rings (SSSR count). The minimum atomic E-state index is -0.368. The first-order valence-electron chi connectivity index (χ1n) is 14.5. The highest BCUT2D eigenvalue weighted by Crippen LogP contribution is 2.36. The molecule has 2 amide bonds. The molecular formula is C37H31N3O4. The highest BCUT2D eigenvalue weighted by Gasteiger charge is 2.34. The van der Waals surface area contributed by atoms with E-state index in [2.05, 4.69) is 17.1 Å². The van der Waals surface area contributed by atoms with Crippen LogP contribution in [0.25, 0.3) is 16.8 Å². The topological polar surface area (TPSA) is 80.2 Å². The average Bonchev–Trinajstić information content (AvgIpc) is 3.07. The Morgan fingerprint density at radius 2 is 1.43 bits per heavy atom. The maximum absolute atomic E-state index is 13.6. The quantitative estimate of drug-likeness (QED) is 0.0969. The first kappa shape index (κ1) is 28.4. The molecule has 0 bridgehead atoms. The third-order valence-corrected chi connectivity index (χ3v) is 7.38. The number of rotatable bonds is 11. The van der Waals surface area contributed by atoms with Crippen LogP contribution in [0.1, 0.15) is 50.8 Å². The number of hydrogen-bond donors (Lipinski definition) is 1. The SMILES string of the molecule is C=Cc1ccc(COc2ccc(/C=N/Nc3ccc4c5c(cccc35)C(=O)N(c3ccc(OCCC)cc3)C4=O)cc2)cc1. The maximum atomic E-state index is 13.6. The Morgan fingerprint density at radius 3 is 2.14 bits per heavy atom. The molecule has 1 N–H and O–H groups in total. The number of benzene rings is 5. The smallest absolute Gasteiger partial charge is 0.265 e. The average molecular weight is 582 g/mol. The summed E-state index contributed by atoms with van der Waals surface area (Å²) in [5, 5.41) is 5.77. The molecular weight excluding hydrogens is 550 g/mol. The zero-order valence-corrected chi connectivity index (χ0v) is 24.3. The number of anilines is 2.